The number of hydrogen-bond acceptors (Lipinski definition) is 4. The summed E-state index contributed by atoms with van der Waals surface area (Å²) in [6.45, 7) is 4.51. The average molecular weight is 393 g/mol. The predicted molar refractivity (Wildman–Crippen MR) is 103 cm³/mol. The monoisotopic (exact) mass is 392 g/mol. The van der Waals surface area contributed by atoms with Crippen LogP contribution in [0.2, 0.25) is 0 Å². The van der Waals surface area contributed by atoms with Crippen molar-refractivity contribution < 1.29 is 9.47 Å². The van der Waals surface area contributed by atoms with Crippen molar-refractivity contribution in [3.8, 4) is 0 Å². The van der Waals surface area contributed by atoms with Crippen molar-refractivity contribution in [3.63, 3.8) is 0 Å². The third-order valence-corrected chi connectivity index (χ3v) is 4.98. The molecule has 0 fully saturated rings. The van der Waals surface area contributed by atoms with Crippen molar-refractivity contribution in [2.24, 2.45) is 0 Å². The minimum Gasteiger partial charge on any atom is -0.397 e. The van der Waals surface area contributed by atoms with Gasteiger partial charge in [0.1, 0.15) is 0 Å². The van der Waals surface area contributed by atoms with E-state index in [0.29, 0.717) is 37.8 Å². The van der Waals surface area contributed by atoms with E-state index in [1.165, 1.54) is 11.1 Å². The van der Waals surface area contributed by atoms with Crippen LogP contribution in [0, 0.1) is 6.92 Å². The number of halogens is 1. The van der Waals surface area contributed by atoms with Gasteiger partial charge >= 0.3 is 0 Å². The van der Waals surface area contributed by atoms with E-state index in [4.69, 9.17) is 20.9 Å². The first-order valence-electron chi connectivity index (χ1n) is 8.12. The van der Waals surface area contributed by atoms with E-state index in [2.05, 4.69) is 28.1 Å². The van der Waals surface area contributed by atoms with Gasteiger partial charge in [-0.25, -0.2) is 0 Å². The summed E-state index contributed by atoms with van der Waals surface area (Å²) >= 11 is 3.59. The normalized spacial score (nSPS) is 10.9. The molecule has 0 aliphatic rings. The Labute approximate surface area is 152 Å². The third-order valence-electron chi connectivity index (χ3n) is 3.87. The lowest BCUT2D eigenvalue weighted by Gasteiger charge is -2.12. The smallest absolute Gasteiger partial charge is 0.0718 e. The highest BCUT2D eigenvalue weighted by atomic mass is 79.9. The van der Waals surface area contributed by atoms with Gasteiger partial charge in [0, 0.05) is 11.1 Å². The minimum absolute atomic E-state index is 0.604. The van der Waals surface area contributed by atoms with E-state index in [1.54, 1.807) is 0 Å². The Morgan fingerprint density at radius 3 is 2.46 bits per heavy atom. The molecule has 2 rings (SSSR count). The second-order valence-corrected chi connectivity index (χ2v) is 6.52. The van der Waals surface area contributed by atoms with Crippen molar-refractivity contribution in [1.29, 1.82) is 0 Å². The van der Waals surface area contributed by atoms with Gasteiger partial charge in [0.2, 0.25) is 0 Å². The maximum Gasteiger partial charge on any atom is 0.0718 e. The molecule has 2 aromatic rings. The van der Waals surface area contributed by atoms with Crippen molar-refractivity contribution >= 4 is 27.3 Å². The Balaban J connectivity index is 1.60. The first-order valence-corrected chi connectivity index (χ1v) is 8.91. The zero-order valence-corrected chi connectivity index (χ0v) is 15.6. The molecule has 0 aromatic heterocycles. The van der Waals surface area contributed by atoms with E-state index < -0.39 is 0 Å². The summed E-state index contributed by atoms with van der Waals surface area (Å²) in [5.41, 5.74) is 16.5. The fourth-order valence-electron chi connectivity index (χ4n) is 2.44. The van der Waals surface area contributed by atoms with Crippen LogP contribution >= 0.6 is 15.9 Å². The number of aryl methyl sites for hydroxylation is 1. The van der Waals surface area contributed by atoms with E-state index >= 15 is 0 Å². The first kappa shape index (κ1) is 18.8. The largest absolute Gasteiger partial charge is 0.397 e. The maximum atomic E-state index is 5.93. The Hall–Kier alpha value is -1.56. The van der Waals surface area contributed by atoms with Gasteiger partial charge in [0.15, 0.2) is 0 Å². The molecule has 0 heterocycles. The Morgan fingerprint density at radius 2 is 1.71 bits per heavy atom. The third kappa shape index (κ3) is 5.51. The molecule has 0 saturated carbocycles. The van der Waals surface area contributed by atoms with Gasteiger partial charge in [-0.2, -0.15) is 0 Å². The predicted octanol–water partition coefficient (Wildman–Crippen LogP) is 4.09. The standard InChI is InChI=1S/C19H25BrN2O2/c1-14-18(20)16(12-17(21)19(14)22)8-5-9-23-10-11-24-13-15-6-3-2-4-7-15/h2-4,6-7,12H,5,8-11,13,21-22H2,1H3. The van der Waals surface area contributed by atoms with Crippen molar-refractivity contribution in [1.82, 2.24) is 0 Å². The van der Waals surface area contributed by atoms with Gasteiger partial charge in [0.25, 0.3) is 0 Å². The maximum absolute atomic E-state index is 5.93. The molecule has 2 aromatic carbocycles. The number of benzene rings is 2. The first-order chi connectivity index (χ1) is 11.6. The van der Waals surface area contributed by atoms with Gasteiger partial charge in [-0.1, -0.05) is 46.3 Å². The molecule has 4 N–H and O–H groups in total. The highest BCUT2D eigenvalue weighted by Gasteiger charge is 2.09. The molecule has 130 valence electrons. The molecule has 0 unspecified atom stereocenters. The zero-order valence-electron chi connectivity index (χ0n) is 14.1. The SMILES string of the molecule is Cc1c(N)c(N)cc(CCCOCCOCc2ccccc2)c1Br. The van der Waals surface area contributed by atoms with Crippen LogP contribution < -0.4 is 11.5 Å². The molecule has 4 nitrogen and oxygen atoms in total. The summed E-state index contributed by atoms with van der Waals surface area (Å²) in [5, 5.41) is 0. The number of anilines is 2. The average Bonchev–Trinajstić information content (AvgIpc) is 2.60. The Bertz CT molecular complexity index is 648. The number of hydrogen-bond donors (Lipinski definition) is 2. The highest BCUT2D eigenvalue weighted by molar-refractivity contribution is 9.10. The molecular weight excluding hydrogens is 368 g/mol. The molecule has 5 heteroatoms. The summed E-state index contributed by atoms with van der Waals surface area (Å²) in [4.78, 5) is 0. The fourth-order valence-corrected chi connectivity index (χ4v) is 2.96. The molecule has 0 aliphatic carbocycles. The van der Waals surface area contributed by atoms with Crippen LogP contribution in [0.25, 0.3) is 0 Å². The summed E-state index contributed by atoms with van der Waals surface area (Å²) in [5.74, 6) is 0. The van der Waals surface area contributed by atoms with Crippen LogP contribution in [0.3, 0.4) is 0 Å². The number of nitrogens with two attached hydrogens (primary N) is 2. The summed E-state index contributed by atoms with van der Waals surface area (Å²) in [6.07, 6.45) is 1.83. The minimum atomic E-state index is 0.604. The Kier molecular flexibility index (Phi) is 7.56. The van der Waals surface area contributed by atoms with Gasteiger partial charge in [-0.3, -0.25) is 0 Å². The molecule has 0 radical (unpaired) electrons. The molecule has 0 atom stereocenters. The van der Waals surface area contributed by atoms with Crippen LogP contribution in [0.5, 0.6) is 0 Å². The number of ether oxygens (including phenoxy) is 2. The molecule has 0 amide bonds. The van der Waals surface area contributed by atoms with E-state index in [9.17, 15) is 0 Å². The quantitative estimate of drug-likeness (QED) is 0.497. The number of nitrogen functional groups attached to an aromatic ring is 2. The van der Waals surface area contributed by atoms with Gasteiger partial charge in [-0.05, 0) is 42.5 Å². The lowest BCUT2D eigenvalue weighted by molar-refractivity contribution is 0.0399. The van der Waals surface area contributed by atoms with Gasteiger partial charge < -0.3 is 20.9 Å². The fraction of sp³-hybridized carbons (Fsp3) is 0.368. The molecule has 0 bridgehead atoms. The molecule has 0 aliphatic heterocycles. The van der Waals surface area contributed by atoms with E-state index in [0.717, 1.165) is 22.9 Å². The van der Waals surface area contributed by atoms with Gasteiger partial charge in [-0.15, -0.1) is 0 Å². The Morgan fingerprint density at radius 1 is 1.00 bits per heavy atom. The van der Waals surface area contributed by atoms with Crippen molar-refractivity contribution in [3.05, 3.63) is 57.6 Å². The van der Waals surface area contributed by atoms with E-state index in [-0.39, 0.29) is 0 Å². The summed E-state index contributed by atoms with van der Waals surface area (Å²) < 4.78 is 12.2. The second kappa shape index (κ2) is 9.67. The second-order valence-electron chi connectivity index (χ2n) is 5.73. The zero-order chi connectivity index (χ0) is 17.4. The summed E-state index contributed by atoms with van der Waals surface area (Å²) in [6, 6.07) is 12.1. The van der Waals surface area contributed by atoms with Crippen LogP contribution in [-0.4, -0.2) is 19.8 Å². The topological polar surface area (TPSA) is 70.5 Å². The van der Waals surface area contributed by atoms with Crippen LogP contribution in [0.15, 0.2) is 40.9 Å². The number of rotatable bonds is 9. The van der Waals surface area contributed by atoms with Crippen molar-refractivity contribution in [2.75, 3.05) is 31.3 Å². The van der Waals surface area contributed by atoms with Gasteiger partial charge in [0.05, 0.1) is 31.2 Å². The molecule has 0 saturated heterocycles. The highest BCUT2D eigenvalue weighted by Crippen LogP contribution is 2.31. The molecule has 0 spiro atoms. The van der Waals surface area contributed by atoms with E-state index in [1.807, 2.05) is 31.2 Å². The lowest BCUT2D eigenvalue weighted by atomic mass is 10.0. The molecule has 24 heavy (non-hydrogen) atoms. The van der Waals surface area contributed by atoms with Crippen molar-refractivity contribution in [2.45, 2.75) is 26.4 Å². The van der Waals surface area contributed by atoms with Crippen LogP contribution in [0.4, 0.5) is 11.4 Å². The lowest BCUT2D eigenvalue weighted by Crippen LogP contribution is -2.06. The van der Waals surface area contributed by atoms with Crippen LogP contribution in [-0.2, 0) is 22.5 Å². The summed E-state index contributed by atoms with van der Waals surface area (Å²) in [7, 11) is 0. The molecular formula is C19H25BrN2O2. The van der Waals surface area contributed by atoms with Crippen LogP contribution in [0.1, 0.15) is 23.1 Å².